The van der Waals surface area contributed by atoms with E-state index in [4.69, 9.17) is 16.3 Å². The maximum atomic E-state index is 12.8. The van der Waals surface area contributed by atoms with Crippen molar-refractivity contribution in [1.82, 2.24) is 19.7 Å². The Hall–Kier alpha value is -3.16. The van der Waals surface area contributed by atoms with Crippen LogP contribution in [0.5, 0.6) is 5.75 Å². The first kappa shape index (κ1) is 31.8. The molecule has 6 nitrogen and oxygen atoms in total. The molecule has 3 aromatic carbocycles. The summed E-state index contributed by atoms with van der Waals surface area (Å²) in [6, 6.07) is 21.6. The Morgan fingerprint density at radius 1 is 0.956 bits per heavy atom. The molecule has 45 heavy (non-hydrogen) atoms. The Labute approximate surface area is 273 Å². The third-order valence-electron chi connectivity index (χ3n) is 9.59. The van der Waals surface area contributed by atoms with E-state index in [1.165, 1.54) is 27.6 Å². The fraction of sp³-hybridized carbons (Fsp3) is 0.447. The predicted octanol–water partition coefficient (Wildman–Crippen LogP) is 7.34. The first-order valence-electron chi connectivity index (χ1n) is 16.7. The van der Waals surface area contributed by atoms with Crippen molar-refractivity contribution >= 4 is 28.3 Å². The second-order valence-corrected chi connectivity index (χ2v) is 13.3. The summed E-state index contributed by atoms with van der Waals surface area (Å²) in [4.78, 5) is 17.9. The van der Waals surface area contributed by atoms with E-state index in [9.17, 15) is 4.79 Å². The lowest BCUT2D eigenvalue weighted by Crippen LogP contribution is -2.45. The molecule has 2 aliphatic heterocycles. The van der Waals surface area contributed by atoms with Crippen LogP contribution in [0, 0.1) is 12.8 Å². The van der Waals surface area contributed by atoms with Crippen LogP contribution in [0.1, 0.15) is 48.8 Å². The van der Waals surface area contributed by atoms with Crippen molar-refractivity contribution in [2.75, 3.05) is 46.4 Å². The molecule has 0 bridgehead atoms. The number of ether oxygens (including phenoxy) is 1. The zero-order valence-electron chi connectivity index (χ0n) is 26.9. The third kappa shape index (κ3) is 7.81. The second-order valence-electron chi connectivity index (χ2n) is 12.9. The zero-order valence-corrected chi connectivity index (χ0v) is 27.6. The van der Waals surface area contributed by atoms with Crippen LogP contribution in [-0.2, 0) is 24.4 Å². The fourth-order valence-corrected chi connectivity index (χ4v) is 7.37. The first-order valence-corrected chi connectivity index (χ1v) is 17.0. The van der Waals surface area contributed by atoms with Gasteiger partial charge in [0.1, 0.15) is 11.5 Å². The molecule has 7 heteroatoms. The SMILES string of the molecule is COc1cccc(Cl)c1-c1cn(CCCCC(=O)C2CCCNC2)c2ccc(CN3CCN(Cc4cccc(C)c4)CC3)cc12. The topological polar surface area (TPSA) is 49.7 Å². The number of hydrogen-bond donors (Lipinski definition) is 1. The zero-order chi connectivity index (χ0) is 31.2. The number of Topliss-reactive ketones (excluding diaryl/α,β-unsaturated/α-hetero) is 1. The number of rotatable bonds is 12. The molecule has 3 heterocycles. The highest BCUT2D eigenvalue weighted by molar-refractivity contribution is 6.34. The molecule has 2 aliphatic rings. The quantitative estimate of drug-likeness (QED) is 0.167. The summed E-state index contributed by atoms with van der Waals surface area (Å²) in [5.41, 5.74) is 7.27. The van der Waals surface area contributed by atoms with Gasteiger partial charge >= 0.3 is 0 Å². The second kappa shape index (κ2) is 15.0. The molecule has 0 radical (unpaired) electrons. The lowest BCUT2D eigenvalue weighted by molar-refractivity contribution is -0.123. The van der Waals surface area contributed by atoms with E-state index in [1.807, 2.05) is 18.2 Å². The van der Waals surface area contributed by atoms with Gasteiger partial charge in [-0.2, -0.15) is 0 Å². The number of nitrogens with one attached hydrogen (secondary N) is 1. The van der Waals surface area contributed by atoms with Crippen LogP contribution in [0.25, 0.3) is 22.0 Å². The summed E-state index contributed by atoms with van der Waals surface area (Å²) in [7, 11) is 1.71. The van der Waals surface area contributed by atoms with Gasteiger partial charge in [-0.15, -0.1) is 0 Å². The van der Waals surface area contributed by atoms with E-state index >= 15 is 0 Å². The number of carbonyl (C=O) groups excluding carboxylic acids is 1. The van der Waals surface area contributed by atoms with E-state index in [0.717, 1.165) is 101 Å². The lowest BCUT2D eigenvalue weighted by atomic mass is 9.92. The minimum absolute atomic E-state index is 0.194. The lowest BCUT2D eigenvalue weighted by Gasteiger charge is -2.34. The molecule has 2 saturated heterocycles. The summed E-state index contributed by atoms with van der Waals surface area (Å²) in [6.45, 7) is 11.1. The Bertz CT molecular complexity index is 1600. The molecule has 4 aromatic rings. The number of halogens is 1. The molecule has 0 aliphatic carbocycles. The predicted molar refractivity (Wildman–Crippen MR) is 185 cm³/mol. The normalized spacial score (nSPS) is 18.0. The van der Waals surface area contributed by atoms with Gasteiger partial charge in [0.25, 0.3) is 0 Å². The summed E-state index contributed by atoms with van der Waals surface area (Å²) in [5, 5.41) is 5.26. The van der Waals surface area contributed by atoms with Crippen LogP contribution >= 0.6 is 11.6 Å². The Kier molecular flexibility index (Phi) is 10.6. The number of piperazine rings is 1. The first-order chi connectivity index (χ1) is 22.0. The van der Waals surface area contributed by atoms with Gasteiger partial charge in [0, 0.05) is 92.9 Å². The van der Waals surface area contributed by atoms with Crippen LogP contribution in [0.15, 0.2) is 66.9 Å². The summed E-state index contributed by atoms with van der Waals surface area (Å²) in [5.74, 6) is 1.39. The van der Waals surface area contributed by atoms with Crippen molar-refractivity contribution in [3.05, 3.63) is 88.6 Å². The summed E-state index contributed by atoms with van der Waals surface area (Å²) >= 11 is 6.82. The number of fused-ring (bicyclic) bond motifs is 1. The third-order valence-corrected chi connectivity index (χ3v) is 9.91. The summed E-state index contributed by atoms with van der Waals surface area (Å²) < 4.78 is 8.12. The highest BCUT2D eigenvalue weighted by Crippen LogP contribution is 2.41. The van der Waals surface area contributed by atoms with E-state index in [-0.39, 0.29) is 5.92 Å². The number of nitrogens with zero attached hydrogens (tertiary/aromatic N) is 3. The minimum atomic E-state index is 0.194. The van der Waals surface area contributed by atoms with Gasteiger partial charge in [0.2, 0.25) is 0 Å². The Morgan fingerprint density at radius 2 is 1.71 bits per heavy atom. The van der Waals surface area contributed by atoms with Gasteiger partial charge in [0.15, 0.2) is 0 Å². The fourth-order valence-electron chi connectivity index (χ4n) is 7.11. The van der Waals surface area contributed by atoms with Gasteiger partial charge in [0.05, 0.1) is 12.1 Å². The van der Waals surface area contributed by atoms with Gasteiger partial charge in [-0.25, -0.2) is 0 Å². The number of piperidine rings is 1. The number of methoxy groups -OCH3 is 1. The molecule has 1 atom stereocenters. The Morgan fingerprint density at radius 3 is 2.42 bits per heavy atom. The van der Waals surface area contributed by atoms with Crippen molar-refractivity contribution in [3.63, 3.8) is 0 Å². The van der Waals surface area contributed by atoms with Crippen molar-refractivity contribution in [1.29, 1.82) is 0 Å². The number of carbonyl (C=O) groups is 1. The monoisotopic (exact) mass is 626 g/mol. The van der Waals surface area contributed by atoms with Crippen LogP contribution in [0.2, 0.25) is 5.02 Å². The van der Waals surface area contributed by atoms with Crippen LogP contribution < -0.4 is 10.1 Å². The van der Waals surface area contributed by atoms with Gasteiger partial charge in [-0.05, 0) is 74.5 Å². The standard InChI is InChI=1S/C38H47ClN4O2/c1-28-8-5-9-29(22-28)25-41-18-20-42(21-19-41)26-30-14-15-35-32(23-30)33(38-34(39)11-6-13-37(38)45-2)27-43(35)17-4-3-12-36(44)31-10-7-16-40-24-31/h5-6,8-9,11,13-15,22-23,27,31,40H,3-4,7,10,12,16-21,24-26H2,1-2H3. The average molecular weight is 627 g/mol. The van der Waals surface area contributed by atoms with Gasteiger partial charge in [-0.1, -0.05) is 53.6 Å². The molecule has 0 amide bonds. The van der Waals surface area contributed by atoms with Crippen molar-refractivity contribution in [2.45, 2.75) is 58.7 Å². The molecule has 1 aromatic heterocycles. The molecular weight excluding hydrogens is 580 g/mol. The molecule has 1 unspecified atom stereocenters. The van der Waals surface area contributed by atoms with Crippen LogP contribution in [0.3, 0.4) is 0 Å². The molecule has 6 rings (SSSR count). The molecule has 0 saturated carbocycles. The number of hydrogen-bond acceptors (Lipinski definition) is 5. The number of ketones is 1. The van der Waals surface area contributed by atoms with Crippen molar-refractivity contribution in [3.8, 4) is 16.9 Å². The highest BCUT2D eigenvalue weighted by Gasteiger charge is 2.22. The maximum absolute atomic E-state index is 12.8. The number of benzene rings is 3. The number of aryl methyl sites for hydroxylation is 2. The van der Waals surface area contributed by atoms with Gasteiger partial charge < -0.3 is 14.6 Å². The van der Waals surface area contributed by atoms with E-state index < -0.39 is 0 Å². The van der Waals surface area contributed by atoms with E-state index in [2.05, 4.69) is 75.3 Å². The van der Waals surface area contributed by atoms with Crippen LogP contribution in [-0.4, -0.2) is 66.5 Å². The number of aromatic nitrogens is 1. The van der Waals surface area contributed by atoms with Gasteiger partial charge in [-0.3, -0.25) is 14.6 Å². The smallest absolute Gasteiger partial charge is 0.137 e. The van der Waals surface area contributed by atoms with E-state index in [0.29, 0.717) is 17.2 Å². The highest BCUT2D eigenvalue weighted by atomic mass is 35.5. The minimum Gasteiger partial charge on any atom is -0.496 e. The molecule has 0 spiro atoms. The molecular formula is C38H47ClN4O2. The molecule has 2 fully saturated rings. The maximum Gasteiger partial charge on any atom is 0.137 e. The van der Waals surface area contributed by atoms with E-state index in [1.54, 1.807) is 7.11 Å². The Balaban J connectivity index is 1.16. The average Bonchev–Trinajstić information content (AvgIpc) is 3.41. The molecule has 238 valence electrons. The molecule has 1 N–H and O–H groups in total. The van der Waals surface area contributed by atoms with Crippen molar-refractivity contribution < 1.29 is 9.53 Å². The summed E-state index contributed by atoms with van der Waals surface area (Å²) in [6.07, 6.45) is 6.90. The van der Waals surface area contributed by atoms with Crippen molar-refractivity contribution in [2.24, 2.45) is 5.92 Å². The van der Waals surface area contributed by atoms with Crippen LogP contribution in [0.4, 0.5) is 0 Å². The largest absolute Gasteiger partial charge is 0.496 e. The number of unbranched alkanes of at least 4 members (excludes halogenated alkanes) is 1.